The molecule has 1 aliphatic rings. The molecule has 18 heavy (non-hydrogen) atoms. The van der Waals surface area contributed by atoms with Gasteiger partial charge in [0.15, 0.2) is 0 Å². The predicted molar refractivity (Wildman–Crippen MR) is 64.1 cm³/mol. The third-order valence-corrected chi connectivity index (χ3v) is 2.71. The Morgan fingerprint density at radius 2 is 1.89 bits per heavy atom. The van der Waals surface area contributed by atoms with Gasteiger partial charge in [0.25, 0.3) is 0 Å². The maximum absolute atomic E-state index is 13.3. The molecule has 0 spiro atoms. The summed E-state index contributed by atoms with van der Waals surface area (Å²) in [5.74, 6) is -1.21. The second-order valence-electron chi connectivity index (χ2n) is 3.84. The summed E-state index contributed by atoms with van der Waals surface area (Å²) in [5.41, 5.74) is -0.650. The van der Waals surface area contributed by atoms with Crippen molar-refractivity contribution in [3.8, 4) is 0 Å². The molecular formula is C12H12ClF4N. The molecule has 0 aliphatic carbocycles. The third-order valence-electron chi connectivity index (χ3n) is 2.71. The molecule has 1 aromatic carbocycles. The fraction of sp³-hybridized carbons (Fsp3) is 0.333. The second-order valence-corrected chi connectivity index (χ2v) is 3.84. The van der Waals surface area contributed by atoms with Crippen molar-refractivity contribution in [1.82, 2.24) is 5.32 Å². The molecule has 0 aromatic heterocycles. The topological polar surface area (TPSA) is 12.0 Å². The number of nitrogens with one attached hydrogen (secondary N) is 1. The highest BCUT2D eigenvalue weighted by molar-refractivity contribution is 5.85. The highest BCUT2D eigenvalue weighted by Gasteiger charge is 2.37. The van der Waals surface area contributed by atoms with E-state index in [1.807, 2.05) is 0 Å². The van der Waals surface area contributed by atoms with Gasteiger partial charge in [0.2, 0.25) is 0 Å². The molecule has 0 radical (unpaired) electrons. The van der Waals surface area contributed by atoms with Crippen molar-refractivity contribution in [2.24, 2.45) is 0 Å². The Hall–Kier alpha value is -1.07. The molecule has 6 heteroatoms. The predicted octanol–water partition coefficient (Wildman–Crippen LogP) is 3.64. The van der Waals surface area contributed by atoms with E-state index in [0.29, 0.717) is 25.1 Å². The summed E-state index contributed by atoms with van der Waals surface area (Å²) in [5, 5.41) is 3.01. The molecule has 0 amide bonds. The maximum Gasteiger partial charge on any atom is 0.419 e. The molecule has 0 saturated carbocycles. The SMILES string of the molecule is Cl.Fc1cccc(C2=CCNCC2)c1C(F)(F)F. The zero-order valence-corrected chi connectivity index (χ0v) is 10.2. The lowest BCUT2D eigenvalue weighted by Crippen LogP contribution is -2.21. The van der Waals surface area contributed by atoms with Crippen LogP contribution in [0.25, 0.3) is 5.57 Å². The van der Waals surface area contributed by atoms with Crippen molar-refractivity contribution in [1.29, 1.82) is 0 Å². The zero-order chi connectivity index (χ0) is 12.5. The van der Waals surface area contributed by atoms with E-state index in [9.17, 15) is 17.6 Å². The lowest BCUT2D eigenvalue weighted by atomic mass is 9.95. The van der Waals surface area contributed by atoms with Crippen LogP contribution in [0.5, 0.6) is 0 Å². The van der Waals surface area contributed by atoms with E-state index in [1.165, 1.54) is 12.1 Å². The Labute approximate surface area is 108 Å². The molecule has 2 rings (SSSR count). The molecule has 1 nitrogen and oxygen atoms in total. The van der Waals surface area contributed by atoms with E-state index in [2.05, 4.69) is 5.32 Å². The summed E-state index contributed by atoms with van der Waals surface area (Å²) in [6, 6.07) is 3.47. The third kappa shape index (κ3) is 3.03. The van der Waals surface area contributed by atoms with Crippen molar-refractivity contribution < 1.29 is 17.6 Å². The summed E-state index contributed by atoms with van der Waals surface area (Å²) >= 11 is 0. The van der Waals surface area contributed by atoms with E-state index >= 15 is 0 Å². The Morgan fingerprint density at radius 3 is 2.44 bits per heavy atom. The van der Waals surface area contributed by atoms with Gasteiger partial charge in [0.1, 0.15) is 5.82 Å². The van der Waals surface area contributed by atoms with Gasteiger partial charge in [-0.05, 0) is 30.2 Å². The first-order chi connectivity index (χ1) is 8.00. The first kappa shape index (κ1) is 15.0. The minimum absolute atomic E-state index is 0. The van der Waals surface area contributed by atoms with E-state index in [0.717, 1.165) is 6.07 Å². The minimum atomic E-state index is -4.66. The Bertz CT molecular complexity index is 454. The van der Waals surface area contributed by atoms with Crippen molar-refractivity contribution >= 4 is 18.0 Å². The normalized spacial score (nSPS) is 15.9. The number of benzene rings is 1. The molecular weight excluding hydrogens is 270 g/mol. The zero-order valence-electron chi connectivity index (χ0n) is 9.35. The van der Waals surface area contributed by atoms with Crippen LogP contribution in [0.4, 0.5) is 17.6 Å². The molecule has 100 valence electrons. The van der Waals surface area contributed by atoms with Crippen molar-refractivity contribution in [3.63, 3.8) is 0 Å². The lowest BCUT2D eigenvalue weighted by Gasteiger charge is -2.19. The molecule has 1 aliphatic heterocycles. The number of halogens is 5. The maximum atomic E-state index is 13.3. The summed E-state index contributed by atoms with van der Waals surface area (Å²) < 4.78 is 51.7. The average molecular weight is 282 g/mol. The lowest BCUT2D eigenvalue weighted by molar-refractivity contribution is -0.140. The van der Waals surface area contributed by atoms with Gasteiger partial charge in [-0.15, -0.1) is 12.4 Å². The Kier molecular flexibility index (Phi) is 4.76. The van der Waals surface area contributed by atoms with Crippen LogP contribution in [0.3, 0.4) is 0 Å². The number of rotatable bonds is 1. The first-order valence-corrected chi connectivity index (χ1v) is 5.26. The quantitative estimate of drug-likeness (QED) is 0.775. The van der Waals surface area contributed by atoms with Crippen LogP contribution < -0.4 is 5.32 Å². The van der Waals surface area contributed by atoms with Crippen molar-refractivity contribution in [2.45, 2.75) is 12.6 Å². The number of hydrogen-bond donors (Lipinski definition) is 1. The van der Waals surface area contributed by atoms with Crippen LogP contribution in [-0.2, 0) is 6.18 Å². The summed E-state index contributed by atoms with van der Waals surface area (Å²) in [7, 11) is 0. The fourth-order valence-electron chi connectivity index (χ4n) is 1.95. The van der Waals surface area contributed by atoms with Crippen LogP contribution >= 0.6 is 12.4 Å². The van der Waals surface area contributed by atoms with Crippen LogP contribution in [0.1, 0.15) is 17.5 Å². The van der Waals surface area contributed by atoms with Gasteiger partial charge in [-0.1, -0.05) is 18.2 Å². The monoisotopic (exact) mass is 281 g/mol. The molecule has 0 unspecified atom stereocenters. The van der Waals surface area contributed by atoms with Gasteiger partial charge in [0, 0.05) is 6.54 Å². The highest BCUT2D eigenvalue weighted by Crippen LogP contribution is 2.37. The van der Waals surface area contributed by atoms with Gasteiger partial charge >= 0.3 is 6.18 Å². The van der Waals surface area contributed by atoms with E-state index < -0.39 is 17.6 Å². The Morgan fingerprint density at radius 1 is 1.17 bits per heavy atom. The minimum Gasteiger partial charge on any atom is -0.313 e. The van der Waals surface area contributed by atoms with Gasteiger partial charge in [-0.25, -0.2) is 4.39 Å². The van der Waals surface area contributed by atoms with Crippen LogP contribution in [-0.4, -0.2) is 13.1 Å². The molecule has 0 fully saturated rings. The molecule has 0 saturated heterocycles. The Balaban J connectivity index is 0.00000162. The van der Waals surface area contributed by atoms with Gasteiger partial charge in [-0.3, -0.25) is 0 Å². The summed E-state index contributed by atoms with van der Waals surface area (Å²) in [6.07, 6.45) is -2.51. The fourth-order valence-corrected chi connectivity index (χ4v) is 1.95. The number of hydrogen-bond acceptors (Lipinski definition) is 1. The van der Waals surface area contributed by atoms with Gasteiger partial charge in [0.05, 0.1) is 5.56 Å². The molecule has 1 N–H and O–H groups in total. The van der Waals surface area contributed by atoms with Crippen LogP contribution in [0.15, 0.2) is 24.3 Å². The number of alkyl halides is 3. The largest absolute Gasteiger partial charge is 0.419 e. The van der Waals surface area contributed by atoms with E-state index in [4.69, 9.17) is 0 Å². The smallest absolute Gasteiger partial charge is 0.313 e. The van der Waals surface area contributed by atoms with Crippen LogP contribution in [0.2, 0.25) is 0 Å². The summed E-state index contributed by atoms with van der Waals surface area (Å²) in [4.78, 5) is 0. The van der Waals surface area contributed by atoms with E-state index in [-0.39, 0.29) is 18.0 Å². The second kappa shape index (κ2) is 5.71. The average Bonchev–Trinajstić information content (AvgIpc) is 2.28. The first-order valence-electron chi connectivity index (χ1n) is 5.26. The molecule has 1 heterocycles. The van der Waals surface area contributed by atoms with Crippen molar-refractivity contribution in [2.75, 3.05) is 13.1 Å². The molecule has 1 aromatic rings. The standard InChI is InChI=1S/C12H11F4N.ClH/c13-10-3-1-2-9(11(10)12(14,15)16)8-4-6-17-7-5-8;/h1-4,17H,5-7H2;1H. The molecule has 0 bridgehead atoms. The van der Waals surface area contributed by atoms with Crippen LogP contribution in [0, 0.1) is 5.82 Å². The van der Waals surface area contributed by atoms with Gasteiger partial charge in [-0.2, -0.15) is 13.2 Å². The molecule has 0 atom stereocenters. The highest BCUT2D eigenvalue weighted by atomic mass is 35.5. The summed E-state index contributed by atoms with van der Waals surface area (Å²) in [6.45, 7) is 1.13. The van der Waals surface area contributed by atoms with E-state index in [1.54, 1.807) is 6.08 Å². The van der Waals surface area contributed by atoms with Gasteiger partial charge < -0.3 is 5.32 Å². The van der Waals surface area contributed by atoms with Crippen molar-refractivity contribution in [3.05, 3.63) is 41.2 Å².